The fraction of sp³-hybridized carbons (Fsp3) is 0.625. The molecule has 1 aromatic carbocycles. The first-order chi connectivity index (χ1) is 9.34. The van der Waals surface area contributed by atoms with Crippen LogP contribution in [0, 0.1) is 5.92 Å². The molecule has 3 rings (SSSR count). The summed E-state index contributed by atoms with van der Waals surface area (Å²) in [6, 6.07) is 9.12. The predicted octanol–water partition coefficient (Wildman–Crippen LogP) is 3.63. The standard InChI is InChI=1S/C16H24N2S/c17-14-7-1-2-9-16(14)19-12-13-6-5-11-18-10-4-3-8-15(13)18/h1-2,7,9,13,15H,3-6,8,10-12,17H2. The van der Waals surface area contributed by atoms with E-state index >= 15 is 0 Å². The molecule has 2 nitrogen and oxygen atoms in total. The second-order valence-electron chi connectivity index (χ2n) is 5.85. The van der Waals surface area contributed by atoms with Crippen LogP contribution in [-0.2, 0) is 0 Å². The number of piperidine rings is 2. The van der Waals surface area contributed by atoms with Crippen molar-refractivity contribution in [2.24, 2.45) is 5.92 Å². The first-order valence-corrected chi connectivity index (χ1v) is 8.54. The van der Waals surface area contributed by atoms with E-state index in [1.807, 2.05) is 23.9 Å². The average Bonchev–Trinajstić information content (AvgIpc) is 2.46. The summed E-state index contributed by atoms with van der Waals surface area (Å²) in [5, 5.41) is 0. The van der Waals surface area contributed by atoms with Gasteiger partial charge in [0.05, 0.1) is 0 Å². The third kappa shape index (κ3) is 3.09. The summed E-state index contributed by atoms with van der Waals surface area (Å²) >= 11 is 1.96. The van der Waals surface area contributed by atoms with Gasteiger partial charge < -0.3 is 10.6 Å². The highest BCUT2D eigenvalue weighted by Crippen LogP contribution is 2.35. The highest BCUT2D eigenvalue weighted by atomic mass is 32.2. The Morgan fingerprint density at radius 1 is 1.11 bits per heavy atom. The van der Waals surface area contributed by atoms with Gasteiger partial charge in [0.2, 0.25) is 0 Å². The summed E-state index contributed by atoms with van der Waals surface area (Å²) in [5.41, 5.74) is 6.97. The smallest absolute Gasteiger partial charge is 0.0452 e. The second kappa shape index (κ2) is 6.19. The van der Waals surface area contributed by atoms with E-state index in [1.165, 1.54) is 55.8 Å². The van der Waals surface area contributed by atoms with Crippen molar-refractivity contribution < 1.29 is 0 Å². The summed E-state index contributed by atoms with van der Waals surface area (Å²) in [6.45, 7) is 2.67. The first kappa shape index (κ1) is 13.3. The van der Waals surface area contributed by atoms with Crippen molar-refractivity contribution in [2.75, 3.05) is 24.6 Å². The molecule has 0 amide bonds. The molecule has 2 aliphatic rings. The zero-order chi connectivity index (χ0) is 13.1. The van der Waals surface area contributed by atoms with Crippen molar-refractivity contribution in [3.63, 3.8) is 0 Å². The molecule has 0 aromatic heterocycles. The van der Waals surface area contributed by atoms with Gasteiger partial charge in [-0.25, -0.2) is 0 Å². The van der Waals surface area contributed by atoms with Crippen LogP contribution in [0.2, 0.25) is 0 Å². The molecule has 2 N–H and O–H groups in total. The summed E-state index contributed by atoms with van der Waals surface area (Å²) in [4.78, 5) is 4.00. The Kier molecular flexibility index (Phi) is 4.34. The first-order valence-electron chi connectivity index (χ1n) is 7.56. The molecule has 2 heterocycles. The Morgan fingerprint density at radius 3 is 2.84 bits per heavy atom. The van der Waals surface area contributed by atoms with Gasteiger partial charge in [0.1, 0.15) is 0 Å². The number of thioether (sulfide) groups is 1. The molecule has 0 radical (unpaired) electrons. The van der Waals surface area contributed by atoms with E-state index in [2.05, 4.69) is 17.0 Å². The van der Waals surface area contributed by atoms with Gasteiger partial charge >= 0.3 is 0 Å². The lowest BCUT2D eigenvalue weighted by atomic mass is 9.85. The zero-order valence-corrected chi connectivity index (χ0v) is 12.4. The molecular weight excluding hydrogens is 252 g/mol. The average molecular weight is 276 g/mol. The molecule has 19 heavy (non-hydrogen) atoms. The highest BCUT2D eigenvalue weighted by molar-refractivity contribution is 7.99. The Balaban J connectivity index is 1.61. The van der Waals surface area contributed by atoms with Gasteiger partial charge in [-0.15, -0.1) is 11.8 Å². The molecule has 0 bridgehead atoms. The van der Waals surface area contributed by atoms with E-state index < -0.39 is 0 Å². The Morgan fingerprint density at radius 2 is 1.95 bits per heavy atom. The maximum absolute atomic E-state index is 6.04. The zero-order valence-electron chi connectivity index (χ0n) is 11.6. The monoisotopic (exact) mass is 276 g/mol. The van der Waals surface area contributed by atoms with Gasteiger partial charge in [0.25, 0.3) is 0 Å². The molecule has 2 fully saturated rings. The highest BCUT2D eigenvalue weighted by Gasteiger charge is 2.32. The lowest BCUT2D eigenvalue weighted by molar-refractivity contribution is 0.0693. The van der Waals surface area contributed by atoms with Crippen LogP contribution < -0.4 is 5.73 Å². The number of nitrogens with two attached hydrogens (primary N) is 1. The SMILES string of the molecule is Nc1ccccc1SCC1CCCN2CCCCC12. The molecule has 0 aliphatic carbocycles. The van der Waals surface area contributed by atoms with E-state index in [0.717, 1.165) is 17.6 Å². The van der Waals surface area contributed by atoms with E-state index in [-0.39, 0.29) is 0 Å². The number of para-hydroxylation sites is 1. The number of hydrogen-bond donors (Lipinski definition) is 1. The summed E-state index contributed by atoms with van der Waals surface area (Å²) in [5.74, 6) is 2.09. The lowest BCUT2D eigenvalue weighted by Crippen LogP contribution is -2.48. The maximum Gasteiger partial charge on any atom is 0.0452 e. The third-order valence-electron chi connectivity index (χ3n) is 4.60. The molecule has 2 unspecified atom stereocenters. The molecule has 0 saturated carbocycles. The van der Waals surface area contributed by atoms with Crippen molar-refractivity contribution in [1.82, 2.24) is 4.90 Å². The lowest BCUT2D eigenvalue weighted by Gasteiger charge is -2.44. The molecule has 1 aromatic rings. The number of anilines is 1. The van der Waals surface area contributed by atoms with Gasteiger partial charge in [-0.1, -0.05) is 18.6 Å². The quantitative estimate of drug-likeness (QED) is 0.675. The van der Waals surface area contributed by atoms with Crippen LogP contribution in [-0.4, -0.2) is 29.8 Å². The Labute approximate surface area is 120 Å². The molecule has 2 saturated heterocycles. The van der Waals surface area contributed by atoms with E-state index in [9.17, 15) is 0 Å². The fourth-order valence-electron chi connectivity index (χ4n) is 3.58. The summed E-state index contributed by atoms with van der Waals surface area (Å²) in [6.07, 6.45) is 7.03. The topological polar surface area (TPSA) is 29.3 Å². The second-order valence-corrected chi connectivity index (χ2v) is 6.91. The number of rotatable bonds is 3. The fourth-order valence-corrected chi connectivity index (χ4v) is 4.77. The van der Waals surface area contributed by atoms with Crippen molar-refractivity contribution in [1.29, 1.82) is 0 Å². The minimum Gasteiger partial charge on any atom is -0.398 e. The maximum atomic E-state index is 6.04. The van der Waals surface area contributed by atoms with Gasteiger partial charge in [-0.3, -0.25) is 0 Å². The molecule has 3 heteroatoms. The van der Waals surface area contributed by atoms with Crippen LogP contribution in [0.5, 0.6) is 0 Å². The van der Waals surface area contributed by atoms with Gasteiger partial charge in [-0.05, 0) is 56.8 Å². The molecular formula is C16H24N2S. The number of fused-ring (bicyclic) bond motifs is 1. The van der Waals surface area contributed by atoms with Crippen LogP contribution in [0.4, 0.5) is 5.69 Å². The Bertz CT molecular complexity index is 419. The minimum atomic E-state index is 0.847. The summed E-state index contributed by atoms with van der Waals surface area (Å²) < 4.78 is 0. The number of benzene rings is 1. The van der Waals surface area contributed by atoms with E-state index in [0.29, 0.717) is 0 Å². The molecule has 2 atom stereocenters. The number of nitrogens with zero attached hydrogens (tertiary/aromatic N) is 1. The molecule has 0 spiro atoms. The minimum absolute atomic E-state index is 0.847. The molecule has 104 valence electrons. The van der Waals surface area contributed by atoms with Gasteiger partial charge in [-0.2, -0.15) is 0 Å². The predicted molar refractivity (Wildman–Crippen MR) is 83.5 cm³/mol. The van der Waals surface area contributed by atoms with Crippen molar-refractivity contribution in [2.45, 2.75) is 43.0 Å². The van der Waals surface area contributed by atoms with Crippen LogP contribution in [0.15, 0.2) is 29.2 Å². The van der Waals surface area contributed by atoms with Gasteiger partial charge in [0, 0.05) is 22.4 Å². The van der Waals surface area contributed by atoms with Crippen molar-refractivity contribution in [3.8, 4) is 0 Å². The largest absolute Gasteiger partial charge is 0.398 e. The number of nitrogen functional groups attached to an aromatic ring is 1. The van der Waals surface area contributed by atoms with Crippen LogP contribution >= 0.6 is 11.8 Å². The van der Waals surface area contributed by atoms with Crippen LogP contribution in [0.1, 0.15) is 32.1 Å². The van der Waals surface area contributed by atoms with E-state index in [4.69, 9.17) is 5.73 Å². The normalized spacial score (nSPS) is 28.0. The van der Waals surface area contributed by atoms with Gasteiger partial charge in [0.15, 0.2) is 0 Å². The third-order valence-corrected chi connectivity index (χ3v) is 5.88. The Hall–Kier alpha value is -0.670. The molecule has 2 aliphatic heterocycles. The number of hydrogen-bond acceptors (Lipinski definition) is 3. The van der Waals surface area contributed by atoms with Crippen LogP contribution in [0.3, 0.4) is 0 Å². The summed E-state index contributed by atoms with van der Waals surface area (Å²) in [7, 11) is 0. The van der Waals surface area contributed by atoms with E-state index in [1.54, 1.807) is 0 Å². The van der Waals surface area contributed by atoms with Crippen molar-refractivity contribution in [3.05, 3.63) is 24.3 Å². The van der Waals surface area contributed by atoms with Crippen LogP contribution in [0.25, 0.3) is 0 Å². The van der Waals surface area contributed by atoms with Crippen molar-refractivity contribution >= 4 is 17.4 Å².